The van der Waals surface area contributed by atoms with Crippen LogP contribution < -0.4 is 9.64 Å². The summed E-state index contributed by atoms with van der Waals surface area (Å²) in [5.41, 5.74) is 3.06. The van der Waals surface area contributed by atoms with E-state index in [-0.39, 0.29) is 18.2 Å². The van der Waals surface area contributed by atoms with Gasteiger partial charge in [-0.2, -0.15) is 5.10 Å². The molecule has 1 saturated carbocycles. The molecule has 0 aromatic carbocycles. The van der Waals surface area contributed by atoms with E-state index in [4.69, 9.17) is 14.6 Å². The summed E-state index contributed by atoms with van der Waals surface area (Å²) in [6.07, 6.45) is 3.27. The largest absolute Gasteiger partial charge is 0.496 e. The molecule has 1 fully saturated rings. The van der Waals surface area contributed by atoms with Crippen molar-refractivity contribution >= 4 is 17.7 Å². The molecule has 0 unspecified atom stereocenters. The summed E-state index contributed by atoms with van der Waals surface area (Å²) in [6, 6.07) is 2.07. The minimum absolute atomic E-state index is 0.186. The molecule has 1 aliphatic heterocycles. The first-order chi connectivity index (χ1) is 13.9. The lowest BCUT2D eigenvalue weighted by molar-refractivity contribution is 0.0417. The van der Waals surface area contributed by atoms with Crippen molar-refractivity contribution in [3.63, 3.8) is 0 Å². The van der Waals surface area contributed by atoms with Crippen LogP contribution in [-0.2, 0) is 17.7 Å². The van der Waals surface area contributed by atoms with Crippen LogP contribution in [0.3, 0.4) is 0 Å². The molecule has 0 radical (unpaired) electrons. The number of aliphatic hydroxyl groups is 1. The third kappa shape index (κ3) is 3.39. The molecule has 2 aliphatic rings. The van der Waals surface area contributed by atoms with Crippen LogP contribution in [0.1, 0.15) is 35.7 Å². The van der Waals surface area contributed by atoms with E-state index in [1.54, 1.807) is 18.2 Å². The lowest BCUT2D eigenvalue weighted by atomic mass is 9.89. The monoisotopic (exact) mass is 401 g/mol. The summed E-state index contributed by atoms with van der Waals surface area (Å²) in [7, 11) is 4.95. The number of aryl methyl sites for hydroxylation is 1. The maximum atomic E-state index is 12.1. The highest BCUT2D eigenvalue weighted by Gasteiger charge is 2.36. The average Bonchev–Trinajstić information content (AvgIpc) is 3.09. The molecule has 0 atom stereocenters. The van der Waals surface area contributed by atoms with E-state index in [9.17, 15) is 9.90 Å². The Morgan fingerprint density at radius 3 is 2.76 bits per heavy atom. The second kappa shape index (κ2) is 7.55. The maximum absolute atomic E-state index is 12.1. The van der Waals surface area contributed by atoms with Gasteiger partial charge >= 0.3 is 6.09 Å². The van der Waals surface area contributed by atoms with Crippen molar-refractivity contribution in [1.29, 1.82) is 0 Å². The lowest BCUT2D eigenvalue weighted by Gasteiger charge is -2.34. The number of rotatable bonds is 4. The zero-order chi connectivity index (χ0) is 20.7. The van der Waals surface area contributed by atoms with Gasteiger partial charge in [0.1, 0.15) is 11.6 Å². The topological polar surface area (TPSA) is 93.0 Å². The summed E-state index contributed by atoms with van der Waals surface area (Å²) in [4.78, 5) is 20.2. The van der Waals surface area contributed by atoms with Gasteiger partial charge in [-0.1, -0.05) is 0 Å². The van der Waals surface area contributed by atoms with Crippen molar-refractivity contribution in [2.45, 2.75) is 44.9 Å². The molecule has 29 heavy (non-hydrogen) atoms. The SMILES string of the molecule is COC(=O)N1CCc2c(c(N(C)c3cc(OC)c(C)cn3)nn2C2CC(O)C2)C1. The van der Waals surface area contributed by atoms with E-state index in [0.717, 1.165) is 28.4 Å². The van der Waals surface area contributed by atoms with Crippen LogP contribution in [0.25, 0.3) is 0 Å². The standard InChI is InChI=1S/C20H27N5O4/c1-12-10-21-18(9-17(12)28-3)23(2)19-15-11-24(20(27)29-4)6-5-16(15)25(22-19)13-7-14(26)8-13/h9-10,13-14,26H,5-8,11H2,1-4H3. The molecule has 9 heteroatoms. The number of carbonyl (C=O) groups excluding carboxylic acids is 1. The zero-order valence-electron chi connectivity index (χ0n) is 17.3. The van der Waals surface area contributed by atoms with Crippen LogP contribution in [0.5, 0.6) is 5.75 Å². The van der Waals surface area contributed by atoms with E-state index >= 15 is 0 Å². The number of ether oxygens (including phenoxy) is 2. The summed E-state index contributed by atoms with van der Waals surface area (Å²) in [5, 5.41) is 14.7. The average molecular weight is 401 g/mol. The summed E-state index contributed by atoms with van der Waals surface area (Å²) < 4.78 is 12.4. The van der Waals surface area contributed by atoms with Crippen LogP contribution in [0.15, 0.2) is 12.3 Å². The van der Waals surface area contributed by atoms with Crippen molar-refractivity contribution < 1.29 is 19.4 Å². The van der Waals surface area contributed by atoms with Gasteiger partial charge in [-0.05, 0) is 19.8 Å². The minimum Gasteiger partial charge on any atom is -0.496 e. The second-order valence-electron chi connectivity index (χ2n) is 7.69. The maximum Gasteiger partial charge on any atom is 0.409 e. The second-order valence-corrected chi connectivity index (χ2v) is 7.69. The summed E-state index contributed by atoms with van der Waals surface area (Å²) in [5.74, 6) is 2.23. The number of anilines is 2. The molecule has 0 spiro atoms. The number of amides is 1. The Bertz CT molecular complexity index is 922. The number of fused-ring (bicyclic) bond motifs is 1. The van der Waals surface area contributed by atoms with Gasteiger partial charge in [0.25, 0.3) is 0 Å². The number of carbonyl (C=O) groups is 1. The molecule has 0 bridgehead atoms. The smallest absolute Gasteiger partial charge is 0.409 e. The Hall–Kier alpha value is -2.81. The van der Waals surface area contributed by atoms with Gasteiger partial charge in [0.05, 0.1) is 32.9 Å². The Kier molecular flexibility index (Phi) is 5.08. The fraction of sp³-hybridized carbons (Fsp3) is 0.550. The molecular formula is C20H27N5O4. The summed E-state index contributed by atoms with van der Waals surface area (Å²) >= 11 is 0. The first-order valence-corrected chi connectivity index (χ1v) is 9.78. The molecule has 1 N–H and O–H groups in total. The number of aromatic nitrogens is 3. The van der Waals surface area contributed by atoms with E-state index < -0.39 is 0 Å². The first-order valence-electron chi connectivity index (χ1n) is 9.78. The molecule has 156 valence electrons. The van der Waals surface area contributed by atoms with Crippen LogP contribution in [-0.4, -0.2) is 64.8 Å². The highest BCUT2D eigenvalue weighted by atomic mass is 16.5. The van der Waals surface area contributed by atoms with Crippen molar-refractivity contribution in [2.75, 3.05) is 32.7 Å². The minimum atomic E-state index is -0.341. The molecule has 0 saturated heterocycles. The van der Waals surface area contributed by atoms with Crippen molar-refractivity contribution in [2.24, 2.45) is 0 Å². The molecular weight excluding hydrogens is 374 g/mol. The highest BCUT2D eigenvalue weighted by Crippen LogP contribution is 2.39. The van der Waals surface area contributed by atoms with Crippen LogP contribution in [0, 0.1) is 6.92 Å². The third-order valence-electron chi connectivity index (χ3n) is 5.85. The fourth-order valence-corrected chi connectivity index (χ4v) is 4.05. The number of aliphatic hydroxyl groups excluding tert-OH is 1. The predicted octanol–water partition coefficient (Wildman–Crippen LogP) is 2.18. The number of nitrogens with zero attached hydrogens (tertiary/aromatic N) is 5. The molecule has 9 nitrogen and oxygen atoms in total. The molecule has 2 aromatic heterocycles. The normalized spacial score (nSPS) is 20.7. The predicted molar refractivity (Wildman–Crippen MR) is 107 cm³/mol. The van der Waals surface area contributed by atoms with Crippen molar-refractivity contribution in [3.8, 4) is 5.75 Å². The Labute approximate surface area is 169 Å². The van der Waals surface area contributed by atoms with Gasteiger partial charge in [-0.15, -0.1) is 0 Å². The zero-order valence-corrected chi connectivity index (χ0v) is 17.3. The van der Waals surface area contributed by atoms with Crippen LogP contribution in [0.4, 0.5) is 16.4 Å². The van der Waals surface area contributed by atoms with E-state index in [0.29, 0.717) is 38.2 Å². The molecule has 2 aromatic rings. The molecule has 3 heterocycles. The first kappa shape index (κ1) is 19.5. The van der Waals surface area contributed by atoms with Crippen molar-refractivity contribution in [3.05, 3.63) is 29.1 Å². The van der Waals surface area contributed by atoms with Gasteiger partial charge in [0, 0.05) is 49.1 Å². The van der Waals surface area contributed by atoms with Gasteiger partial charge in [0.2, 0.25) is 0 Å². The molecule has 1 amide bonds. The van der Waals surface area contributed by atoms with E-state index in [2.05, 4.69) is 4.98 Å². The molecule has 4 rings (SSSR count). The van der Waals surface area contributed by atoms with Crippen LogP contribution in [0.2, 0.25) is 0 Å². The van der Waals surface area contributed by atoms with Crippen LogP contribution >= 0.6 is 0 Å². The van der Waals surface area contributed by atoms with E-state index in [1.807, 2.05) is 29.6 Å². The van der Waals surface area contributed by atoms with Gasteiger partial charge < -0.3 is 24.4 Å². The Morgan fingerprint density at radius 1 is 1.34 bits per heavy atom. The number of pyridine rings is 1. The number of hydrogen-bond acceptors (Lipinski definition) is 7. The number of methoxy groups -OCH3 is 2. The third-order valence-corrected chi connectivity index (χ3v) is 5.85. The number of hydrogen-bond donors (Lipinski definition) is 1. The van der Waals surface area contributed by atoms with E-state index in [1.165, 1.54) is 7.11 Å². The summed E-state index contributed by atoms with van der Waals surface area (Å²) in [6.45, 7) is 2.96. The van der Waals surface area contributed by atoms with Gasteiger partial charge in [-0.3, -0.25) is 4.68 Å². The Balaban J connectivity index is 1.73. The van der Waals surface area contributed by atoms with Gasteiger partial charge in [-0.25, -0.2) is 9.78 Å². The lowest BCUT2D eigenvalue weighted by Crippen LogP contribution is -2.38. The molecule has 1 aliphatic carbocycles. The van der Waals surface area contributed by atoms with Gasteiger partial charge in [0.15, 0.2) is 5.82 Å². The quantitative estimate of drug-likeness (QED) is 0.839. The fourth-order valence-electron chi connectivity index (χ4n) is 4.05. The Morgan fingerprint density at radius 2 is 2.10 bits per heavy atom. The van der Waals surface area contributed by atoms with Crippen molar-refractivity contribution in [1.82, 2.24) is 19.7 Å². The highest BCUT2D eigenvalue weighted by molar-refractivity contribution is 5.69.